The molecule has 4 atom stereocenters. The quantitative estimate of drug-likeness (QED) is 0.642. The Kier molecular flexibility index (Phi) is 3.96. The molecule has 9 heteroatoms. The molecular weight excluding hydrogens is 288 g/mol. The summed E-state index contributed by atoms with van der Waals surface area (Å²) in [6.45, 7) is -0.177. The molecule has 3 rings (SSSR count). The van der Waals surface area contributed by atoms with Crippen LogP contribution in [0.5, 0.6) is 0 Å². The first kappa shape index (κ1) is 15.1. The Labute approximate surface area is 127 Å². The van der Waals surface area contributed by atoms with Crippen molar-refractivity contribution in [1.82, 2.24) is 24.8 Å². The fraction of sp³-hybridized carbons (Fsp3) is 0.615. The molecule has 1 aliphatic heterocycles. The zero-order chi connectivity index (χ0) is 15.9. The van der Waals surface area contributed by atoms with Crippen molar-refractivity contribution in [3.63, 3.8) is 0 Å². The molecule has 0 bridgehead atoms. The number of likely N-dealkylation sites (N-methyl/N-ethyl adjacent to an activating group) is 1. The molecule has 1 saturated heterocycles. The minimum Gasteiger partial charge on any atom is -0.394 e. The van der Waals surface area contributed by atoms with Crippen LogP contribution >= 0.6 is 0 Å². The van der Waals surface area contributed by atoms with Crippen LogP contribution in [-0.2, 0) is 4.74 Å². The summed E-state index contributed by atoms with van der Waals surface area (Å²) < 4.78 is 7.44. The molecule has 0 saturated carbocycles. The molecule has 2 aromatic heterocycles. The molecule has 0 radical (unpaired) electrons. The predicted molar refractivity (Wildman–Crippen MR) is 79.5 cm³/mol. The minimum atomic E-state index is -0.822. The number of hydrogen-bond donors (Lipinski definition) is 3. The van der Waals surface area contributed by atoms with Crippen molar-refractivity contribution in [2.45, 2.75) is 24.5 Å². The number of rotatable bonds is 4. The normalized spacial score (nSPS) is 28.4. The van der Waals surface area contributed by atoms with Gasteiger partial charge in [-0.15, -0.1) is 0 Å². The van der Waals surface area contributed by atoms with E-state index in [1.807, 2.05) is 19.0 Å². The van der Waals surface area contributed by atoms with E-state index in [4.69, 9.17) is 4.74 Å². The third-order valence-corrected chi connectivity index (χ3v) is 3.93. The number of aromatic nitrogens is 4. The van der Waals surface area contributed by atoms with Gasteiger partial charge in [0, 0.05) is 14.1 Å². The SMILES string of the molecule is CN[C@@H]1[C@@H](O)[C@@H](n2cnc3c(N(C)C)ncnc32)O[C@@H]1CO. The van der Waals surface area contributed by atoms with Gasteiger partial charge in [-0.2, -0.15) is 0 Å². The number of ether oxygens (including phenoxy) is 1. The lowest BCUT2D eigenvalue weighted by Gasteiger charge is -2.18. The van der Waals surface area contributed by atoms with Gasteiger partial charge in [0.1, 0.15) is 18.5 Å². The fourth-order valence-electron chi connectivity index (χ4n) is 2.84. The highest BCUT2D eigenvalue weighted by Crippen LogP contribution is 2.32. The van der Waals surface area contributed by atoms with Crippen molar-refractivity contribution in [2.75, 3.05) is 32.6 Å². The summed E-state index contributed by atoms with van der Waals surface area (Å²) >= 11 is 0. The molecular formula is C13H20N6O3. The van der Waals surface area contributed by atoms with Crippen LogP contribution in [0.3, 0.4) is 0 Å². The van der Waals surface area contributed by atoms with Gasteiger partial charge in [0.15, 0.2) is 23.2 Å². The second-order valence-corrected chi connectivity index (χ2v) is 5.47. The van der Waals surface area contributed by atoms with Crippen molar-refractivity contribution in [1.29, 1.82) is 0 Å². The molecule has 9 nitrogen and oxygen atoms in total. The first-order valence-electron chi connectivity index (χ1n) is 7.05. The van der Waals surface area contributed by atoms with E-state index in [2.05, 4.69) is 20.3 Å². The van der Waals surface area contributed by atoms with Crippen LogP contribution in [0, 0.1) is 0 Å². The van der Waals surface area contributed by atoms with Gasteiger partial charge >= 0.3 is 0 Å². The lowest BCUT2D eigenvalue weighted by molar-refractivity contribution is -0.0489. The van der Waals surface area contributed by atoms with E-state index >= 15 is 0 Å². The molecule has 1 fully saturated rings. The van der Waals surface area contributed by atoms with Gasteiger partial charge < -0.3 is 25.2 Å². The lowest BCUT2D eigenvalue weighted by Crippen LogP contribution is -2.43. The Bertz CT molecular complexity index is 660. The standard InChI is InChI=1S/C13H20N6O3/c1-14-8-7(4-20)22-13(10(8)21)19-6-17-9-11(18(2)3)15-5-16-12(9)19/h5-8,10,13-14,20-21H,4H2,1-3H3/t7-,8+,10-,13+/m1/s1. The summed E-state index contributed by atoms with van der Waals surface area (Å²) in [4.78, 5) is 14.7. The van der Waals surface area contributed by atoms with Gasteiger partial charge in [-0.3, -0.25) is 4.57 Å². The second kappa shape index (κ2) is 5.76. The predicted octanol–water partition coefficient (Wildman–Crippen LogP) is -1.27. The van der Waals surface area contributed by atoms with Crippen LogP contribution < -0.4 is 10.2 Å². The van der Waals surface area contributed by atoms with Crippen molar-refractivity contribution in [3.05, 3.63) is 12.7 Å². The minimum absolute atomic E-state index is 0.177. The van der Waals surface area contributed by atoms with E-state index in [9.17, 15) is 10.2 Å². The van der Waals surface area contributed by atoms with Gasteiger partial charge in [-0.1, -0.05) is 0 Å². The van der Waals surface area contributed by atoms with Crippen LogP contribution in [0.1, 0.15) is 6.23 Å². The molecule has 3 N–H and O–H groups in total. The van der Waals surface area contributed by atoms with Crippen molar-refractivity contribution in [2.24, 2.45) is 0 Å². The third-order valence-electron chi connectivity index (χ3n) is 3.93. The molecule has 0 aromatic carbocycles. The maximum Gasteiger partial charge on any atom is 0.167 e. The zero-order valence-corrected chi connectivity index (χ0v) is 12.7. The van der Waals surface area contributed by atoms with Crippen LogP contribution in [0.25, 0.3) is 11.2 Å². The maximum absolute atomic E-state index is 10.5. The lowest BCUT2D eigenvalue weighted by atomic mass is 10.1. The van der Waals surface area contributed by atoms with Crippen LogP contribution in [0.15, 0.2) is 12.7 Å². The van der Waals surface area contributed by atoms with Crippen molar-refractivity contribution < 1.29 is 14.9 Å². The van der Waals surface area contributed by atoms with E-state index in [1.165, 1.54) is 6.33 Å². The summed E-state index contributed by atoms with van der Waals surface area (Å²) in [7, 11) is 5.47. The van der Waals surface area contributed by atoms with Crippen LogP contribution in [0.2, 0.25) is 0 Å². The maximum atomic E-state index is 10.5. The van der Waals surface area contributed by atoms with Crippen molar-refractivity contribution >= 4 is 17.0 Å². The molecule has 2 aromatic rings. The summed E-state index contributed by atoms with van der Waals surface area (Å²) in [5.41, 5.74) is 1.22. The number of fused-ring (bicyclic) bond motifs is 1. The largest absolute Gasteiger partial charge is 0.394 e. The Morgan fingerprint density at radius 3 is 2.73 bits per heavy atom. The molecule has 0 amide bonds. The molecule has 0 unspecified atom stereocenters. The van der Waals surface area contributed by atoms with Crippen LogP contribution in [-0.4, -0.2) is 75.7 Å². The monoisotopic (exact) mass is 308 g/mol. The van der Waals surface area contributed by atoms with Gasteiger partial charge in [0.05, 0.1) is 19.0 Å². The molecule has 1 aliphatic rings. The molecule has 0 spiro atoms. The zero-order valence-electron chi connectivity index (χ0n) is 12.7. The van der Waals surface area contributed by atoms with Crippen molar-refractivity contribution in [3.8, 4) is 0 Å². The Hall–Kier alpha value is -1.81. The van der Waals surface area contributed by atoms with E-state index in [0.29, 0.717) is 17.0 Å². The summed E-state index contributed by atoms with van der Waals surface area (Å²) in [5, 5.41) is 22.8. The molecule has 0 aliphatic carbocycles. The molecule has 3 heterocycles. The van der Waals surface area contributed by atoms with Gasteiger partial charge in [0.25, 0.3) is 0 Å². The smallest absolute Gasteiger partial charge is 0.167 e. The highest BCUT2D eigenvalue weighted by atomic mass is 16.5. The summed E-state index contributed by atoms with van der Waals surface area (Å²) in [6.07, 6.45) is 1.06. The van der Waals surface area contributed by atoms with E-state index < -0.39 is 18.4 Å². The van der Waals surface area contributed by atoms with Gasteiger partial charge in [-0.25, -0.2) is 15.0 Å². The topological polar surface area (TPSA) is 109 Å². The highest BCUT2D eigenvalue weighted by molar-refractivity contribution is 5.83. The summed E-state index contributed by atoms with van der Waals surface area (Å²) in [6, 6.07) is -0.359. The number of nitrogens with zero attached hydrogens (tertiary/aromatic N) is 5. The number of anilines is 1. The Morgan fingerprint density at radius 1 is 1.36 bits per heavy atom. The average Bonchev–Trinajstić information content (AvgIpc) is 3.07. The van der Waals surface area contributed by atoms with E-state index in [0.717, 1.165) is 0 Å². The van der Waals surface area contributed by atoms with E-state index in [1.54, 1.807) is 17.9 Å². The van der Waals surface area contributed by atoms with Crippen LogP contribution in [0.4, 0.5) is 5.82 Å². The third kappa shape index (κ3) is 2.22. The fourth-order valence-corrected chi connectivity index (χ4v) is 2.84. The number of nitrogens with one attached hydrogen (secondary N) is 1. The molecule has 22 heavy (non-hydrogen) atoms. The van der Waals surface area contributed by atoms with Gasteiger partial charge in [0.2, 0.25) is 0 Å². The van der Waals surface area contributed by atoms with E-state index in [-0.39, 0.29) is 12.6 Å². The second-order valence-electron chi connectivity index (χ2n) is 5.47. The Balaban J connectivity index is 2.03. The first-order valence-corrected chi connectivity index (χ1v) is 7.05. The average molecular weight is 308 g/mol. The van der Waals surface area contributed by atoms with Gasteiger partial charge in [-0.05, 0) is 7.05 Å². The number of aliphatic hydroxyl groups is 2. The number of imidazole rings is 1. The first-order chi connectivity index (χ1) is 10.6. The summed E-state index contributed by atoms with van der Waals surface area (Å²) in [5.74, 6) is 0.695. The Morgan fingerprint density at radius 2 is 2.14 bits per heavy atom. The highest BCUT2D eigenvalue weighted by Gasteiger charge is 2.44. The number of aliphatic hydroxyl groups excluding tert-OH is 2. The molecule has 120 valence electrons. The number of hydrogen-bond acceptors (Lipinski definition) is 8.